The molecule has 2 unspecified atom stereocenters. The number of nitrogens with one attached hydrogen (secondary N) is 2. The number of ether oxygens (including phenoxy) is 1. The lowest BCUT2D eigenvalue weighted by Gasteiger charge is -2.23. The van der Waals surface area contributed by atoms with E-state index in [1.54, 1.807) is 24.7 Å². The van der Waals surface area contributed by atoms with E-state index in [2.05, 4.69) is 27.5 Å². The third-order valence-electron chi connectivity index (χ3n) is 8.15. The number of fused-ring (bicyclic) bond motifs is 1. The highest BCUT2D eigenvalue weighted by Crippen LogP contribution is 2.32. The maximum Gasteiger partial charge on any atom is 0.260 e. The molecular formula is C31H33ClN6O3. The molecule has 1 aromatic carbocycles. The van der Waals surface area contributed by atoms with Gasteiger partial charge in [0.25, 0.3) is 5.56 Å². The number of anilines is 1. The number of amides is 1. The average molecular weight is 573 g/mol. The molecule has 2 aliphatic rings. The Hall–Kier alpha value is -3.82. The van der Waals surface area contributed by atoms with E-state index in [-0.39, 0.29) is 30.1 Å². The Morgan fingerprint density at radius 2 is 1.93 bits per heavy atom. The van der Waals surface area contributed by atoms with Gasteiger partial charge in [-0.1, -0.05) is 43.1 Å². The topological polar surface area (TPSA) is 111 Å². The molecule has 1 amide bonds. The van der Waals surface area contributed by atoms with E-state index >= 15 is 0 Å². The number of hydrogen-bond donors (Lipinski definition) is 2. The number of halogens is 1. The van der Waals surface area contributed by atoms with E-state index in [0.29, 0.717) is 52.3 Å². The van der Waals surface area contributed by atoms with Crippen molar-refractivity contribution < 1.29 is 9.53 Å². The molecule has 1 aliphatic carbocycles. The molecule has 41 heavy (non-hydrogen) atoms. The summed E-state index contributed by atoms with van der Waals surface area (Å²) in [5.74, 6) is 0.627. The van der Waals surface area contributed by atoms with Gasteiger partial charge in [0.1, 0.15) is 12.2 Å². The van der Waals surface area contributed by atoms with Crippen molar-refractivity contribution in [2.75, 3.05) is 18.5 Å². The van der Waals surface area contributed by atoms with Gasteiger partial charge in [0.05, 0.1) is 0 Å². The minimum atomic E-state index is -0.334. The molecule has 1 saturated carbocycles. The highest BCUT2D eigenvalue weighted by molar-refractivity contribution is 6.33. The first-order valence-electron chi connectivity index (χ1n) is 14.2. The van der Waals surface area contributed by atoms with E-state index in [0.717, 1.165) is 43.2 Å². The molecular weight excluding hydrogens is 540 g/mol. The van der Waals surface area contributed by atoms with Crippen LogP contribution in [0.15, 0.2) is 59.8 Å². The zero-order valence-electron chi connectivity index (χ0n) is 23.0. The van der Waals surface area contributed by atoms with Gasteiger partial charge in [0, 0.05) is 71.0 Å². The third kappa shape index (κ3) is 5.96. The molecule has 1 aliphatic heterocycles. The van der Waals surface area contributed by atoms with Crippen molar-refractivity contribution in [1.82, 2.24) is 24.8 Å². The first kappa shape index (κ1) is 27.4. The van der Waals surface area contributed by atoms with E-state index in [4.69, 9.17) is 21.3 Å². The molecule has 0 spiro atoms. The van der Waals surface area contributed by atoms with Gasteiger partial charge >= 0.3 is 0 Å². The van der Waals surface area contributed by atoms with Gasteiger partial charge in [0.15, 0.2) is 0 Å². The van der Waals surface area contributed by atoms with E-state index < -0.39 is 0 Å². The van der Waals surface area contributed by atoms with Crippen LogP contribution in [0.1, 0.15) is 39.0 Å². The van der Waals surface area contributed by atoms with Crippen molar-refractivity contribution in [2.45, 2.75) is 57.7 Å². The first-order valence-corrected chi connectivity index (χ1v) is 14.6. The van der Waals surface area contributed by atoms with Gasteiger partial charge in [-0.3, -0.25) is 19.1 Å². The van der Waals surface area contributed by atoms with E-state index in [1.807, 2.05) is 30.3 Å². The van der Waals surface area contributed by atoms with E-state index in [9.17, 15) is 9.59 Å². The van der Waals surface area contributed by atoms with Crippen molar-refractivity contribution in [1.29, 1.82) is 0 Å². The second-order valence-electron chi connectivity index (χ2n) is 11.0. The molecule has 6 rings (SSSR count). The lowest BCUT2D eigenvalue weighted by atomic mass is 10.0. The van der Waals surface area contributed by atoms with Crippen molar-refractivity contribution in [2.24, 2.45) is 5.92 Å². The normalized spacial score (nSPS) is 19.4. The summed E-state index contributed by atoms with van der Waals surface area (Å²) in [4.78, 5) is 40.7. The summed E-state index contributed by atoms with van der Waals surface area (Å²) in [6, 6.07) is 11.4. The molecule has 3 aromatic heterocycles. The summed E-state index contributed by atoms with van der Waals surface area (Å²) in [6.07, 6.45) is 10.00. The second kappa shape index (κ2) is 12.0. The molecule has 9 nitrogen and oxygen atoms in total. The standard InChI is InChI=1S/C31H33ClN6O3/c1-19-4-2-6-27(19)36-28(39)18-38-29-22(17-34-31(37-29)35-23-9-12-41-13-10-23)14-25(30(38)40)24-8-7-20(15-26(24)32)21-5-3-11-33-16-21/h3,5,7-8,11,14-17,19,23,27H,2,4,6,9-10,12-13,18H2,1H3,(H,36,39)(H,34,35,37). The van der Waals surface area contributed by atoms with E-state index in [1.165, 1.54) is 4.57 Å². The van der Waals surface area contributed by atoms with Crippen molar-refractivity contribution in [3.8, 4) is 22.3 Å². The molecule has 2 atom stereocenters. The Bertz CT molecular complexity index is 1620. The highest BCUT2D eigenvalue weighted by atomic mass is 35.5. The number of nitrogens with zero attached hydrogens (tertiary/aromatic N) is 4. The van der Waals surface area contributed by atoms with Crippen molar-refractivity contribution in [3.63, 3.8) is 0 Å². The van der Waals surface area contributed by atoms with Crippen LogP contribution < -0.4 is 16.2 Å². The number of rotatable bonds is 7. The fourth-order valence-corrected chi connectivity index (χ4v) is 6.08. The summed E-state index contributed by atoms with van der Waals surface area (Å²) in [7, 11) is 0. The molecule has 0 bridgehead atoms. The molecule has 1 saturated heterocycles. The molecule has 4 aromatic rings. The predicted octanol–water partition coefficient (Wildman–Crippen LogP) is 5.07. The van der Waals surface area contributed by atoms with Crippen molar-refractivity contribution in [3.05, 3.63) is 70.4 Å². The zero-order valence-corrected chi connectivity index (χ0v) is 23.7. The number of carbonyl (C=O) groups is 1. The number of pyridine rings is 2. The van der Waals surface area contributed by atoms with Crippen LogP contribution in [0.2, 0.25) is 5.02 Å². The van der Waals surface area contributed by atoms with Crippen LogP contribution in [-0.2, 0) is 16.1 Å². The van der Waals surface area contributed by atoms with Crippen LogP contribution in [0.4, 0.5) is 5.95 Å². The highest BCUT2D eigenvalue weighted by Gasteiger charge is 2.26. The van der Waals surface area contributed by atoms with Crippen LogP contribution >= 0.6 is 11.6 Å². The fraction of sp³-hybridized carbons (Fsp3) is 0.387. The number of hydrogen-bond acceptors (Lipinski definition) is 7. The Morgan fingerprint density at radius 1 is 1.07 bits per heavy atom. The van der Waals surface area contributed by atoms with Gasteiger partial charge in [-0.05, 0) is 55.4 Å². The zero-order chi connectivity index (χ0) is 28.3. The van der Waals surface area contributed by atoms with Gasteiger partial charge in [0.2, 0.25) is 11.9 Å². The lowest BCUT2D eigenvalue weighted by Crippen LogP contribution is -2.40. The van der Waals surface area contributed by atoms with Crippen LogP contribution in [0, 0.1) is 5.92 Å². The quantitative estimate of drug-likeness (QED) is 0.318. The summed E-state index contributed by atoms with van der Waals surface area (Å²) < 4.78 is 6.91. The van der Waals surface area contributed by atoms with Gasteiger partial charge < -0.3 is 15.4 Å². The smallest absolute Gasteiger partial charge is 0.260 e. The fourth-order valence-electron chi connectivity index (χ4n) is 5.80. The van der Waals surface area contributed by atoms with Crippen LogP contribution in [-0.4, -0.2) is 50.7 Å². The molecule has 2 N–H and O–H groups in total. The molecule has 2 fully saturated rings. The summed E-state index contributed by atoms with van der Waals surface area (Å²) in [5, 5.41) is 7.59. The summed E-state index contributed by atoms with van der Waals surface area (Å²) in [5.41, 5.74) is 2.85. The second-order valence-corrected chi connectivity index (χ2v) is 11.4. The minimum Gasteiger partial charge on any atom is -0.381 e. The Morgan fingerprint density at radius 3 is 2.66 bits per heavy atom. The summed E-state index contributed by atoms with van der Waals surface area (Å²) >= 11 is 6.76. The van der Waals surface area contributed by atoms with Gasteiger partial charge in [-0.15, -0.1) is 0 Å². The average Bonchev–Trinajstić information content (AvgIpc) is 3.39. The van der Waals surface area contributed by atoms with Crippen LogP contribution in [0.3, 0.4) is 0 Å². The SMILES string of the molecule is CC1CCCC1NC(=O)Cn1c(=O)c(-c2ccc(-c3cccnc3)cc2Cl)cc2cnc(NC3CCOCC3)nc21. The molecule has 0 radical (unpaired) electrons. The van der Waals surface area contributed by atoms with Crippen molar-refractivity contribution >= 4 is 34.5 Å². The van der Waals surface area contributed by atoms with Crippen LogP contribution in [0.5, 0.6) is 0 Å². The number of benzene rings is 1. The van der Waals surface area contributed by atoms with Crippen LogP contribution in [0.25, 0.3) is 33.3 Å². The van der Waals surface area contributed by atoms with Gasteiger partial charge in [-0.25, -0.2) is 4.98 Å². The first-order chi connectivity index (χ1) is 20.0. The predicted molar refractivity (Wildman–Crippen MR) is 160 cm³/mol. The lowest BCUT2D eigenvalue weighted by molar-refractivity contribution is -0.122. The monoisotopic (exact) mass is 572 g/mol. The Kier molecular flexibility index (Phi) is 7.98. The maximum absolute atomic E-state index is 14.0. The Labute approximate surface area is 243 Å². The Balaban J connectivity index is 1.39. The third-order valence-corrected chi connectivity index (χ3v) is 8.46. The number of carbonyl (C=O) groups excluding carboxylic acids is 1. The molecule has 4 heterocycles. The largest absolute Gasteiger partial charge is 0.381 e. The summed E-state index contributed by atoms with van der Waals surface area (Å²) in [6.45, 7) is 3.36. The number of aromatic nitrogens is 4. The van der Waals surface area contributed by atoms with Gasteiger partial charge in [-0.2, -0.15) is 4.98 Å². The molecule has 10 heteroatoms. The maximum atomic E-state index is 14.0. The minimum absolute atomic E-state index is 0.113. The molecule has 212 valence electrons.